The van der Waals surface area contributed by atoms with Gasteiger partial charge in [-0.05, 0) is 24.6 Å². The van der Waals surface area contributed by atoms with Gasteiger partial charge in [0.2, 0.25) is 0 Å². The fourth-order valence-corrected chi connectivity index (χ4v) is 1.78. The summed E-state index contributed by atoms with van der Waals surface area (Å²) in [4.78, 5) is 2.06. The summed E-state index contributed by atoms with van der Waals surface area (Å²) in [5.41, 5.74) is 1.52. The van der Waals surface area contributed by atoms with Crippen molar-refractivity contribution in [1.82, 2.24) is 0 Å². The first kappa shape index (κ1) is 12.8. The minimum Gasteiger partial charge on any atom is -0.385 e. The van der Waals surface area contributed by atoms with Crippen LogP contribution in [-0.2, 0) is 4.74 Å². The molecule has 0 radical (unpaired) electrons. The molecule has 0 saturated heterocycles. The Labute approximate surface area is 101 Å². The van der Waals surface area contributed by atoms with E-state index < -0.39 is 0 Å². The molecule has 1 aromatic rings. The van der Waals surface area contributed by atoms with Gasteiger partial charge in [-0.15, -0.1) is 0 Å². The van der Waals surface area contributed by atoms with Crippen molar-refractivity contribution >= 4 is 17.3 Å². The molecule has 0 amide bonds. The number of methoxy groups -OCH3 is 1. The highest BCUT2D eigenvalue weighted by atomic mass is 35.5. The van der Waals surface area contributed by atoms with E-state index in [9.17, 15) is 0 Å². The number of nitriles is 1. The Morgan fingerprint density at radius 1 is 1.50 bits per heavy atom. The average Bonchev–Trinajstić information content (AvgIpc) is 2.29. The van der Waals surface area contributed by atoms with E-state index in [0.29, 0.717) is 10.6 Å². The number of hydrogen-bond donors (Lipinski definition) is 0. The van der Waals surface area contributed by atoms with E-state index in [1.165, 1.54) is 0 Å². The fraction of sp³-hybridized carbons (Fsp3) is 0.417. The largest absolute Gasteiger partial charge is 0.385 e. The zero-order valence-electron chi connectivity index (χ0n) is 9.53. The Kier molecular flexibility index (Phi) is 5.10. The Morgan fingerprint density at radius 2 is 2.25 bits per heavy atom. The Hall–Kier alpha value is -1.24. The predicted octanol–water partition coefficient (Wildman–Crippen LogP) is 2.68. The lowest BCUT2D eigenvalue weighted by Crippen LogP contribution is -2.20. The summed E-state index contributed by atoms with van der Waals surface area (Å²) in [5, 5.41) is 9.34. The highest BCUT2D eigenvalue weighted by Gasteiger charge is 2.06. The third kappa shape index (κ3) is 3.41. The Balaban J connectivity index is 2.69. The van der Waals surface area contributed by atoms with Crippen LogP contribution in [0, 0.1) is 11.3 Å². The normalized spacial score (nSPS) is 9.88. The van der Waals surface area contributed by atoms with Crippen LogP contribution in [0.3, 0.4) is 0 Å². The molecule has 0 aromatic heterocycles. The molecule has 0 aliphatic carbocycles. The highest BCUT2D eigenvalue weighted by molar-refractivity contribution is 6.33. The molecule has 0 aliphatic rings. The summed E-state index contributed by atoms with van der Waals surface area (Å²) in [5.74, 6) is 0. The van der Waals surface area contributed by atoms with Gasteiger partial charge in [0.15, 0.2) is 0 Å². The summed E-state index contributed by atoms with van der Waals surface area (Å²) in [7, 11) is 3.66. The van der Waals surface area contributed by atoms with Crippen LogP contribution >= 0.6 is 11.6 Å². The van der Waals surface area contributed by atoms with Gasteiger partial charge in [0.05, 0.1) is 22.3 Å². The lowest BCUT2D eigenvalue weighted by molar-refractivity contribution is 0.196. The molecule has 0 spiro atoms. The molecule has 0 aliphatic heterocycles. The first-order valence-electron chi connectivity index (χ1n) is 5.08. The maximum atomic E-state index is 8.73. The van der Waals surface area contributed by atoms with Crippen LogP contribution in [0.1, 0.15) is 12.0 Å². The van der Waals surface area contributed by atoms with E-state index in [4.69, 9.17) is 21.6 Å². The third-order valence-corrected chi connectivity index (χ3v) is 2.63. The van der Waals surface area contributed by atoms with Crippen molar-refractivity contribution < 1.29 is 4.74 Å². The lowest BCUT2D eigenvalue weighted by atomic mass is 10.2. The second-order valence-corrected chi connectivity index (χ2v) is 3.95. The summed E-state index contributed by atoms with van der Waals surface area (Å²) in [6, 6.07) is 7.39. The van der Waals surface area contributed by atoms with Crippen molar-refractivity contribution in [2.24, 2.45) is 0 Å². The van der Waals surface area contributed by atoms with Gasteiger partial charge in [-0.25, -0.2) is 0 Å². The van der Waals surface area contributed by atoms with E-state index in [0.717, 1.165) is 25.3 Å². The molecule has 3 nitrogen and oxygen atoms in total. The third-order valence-electron chi connectivity index (χ3n) is 2.33. The van der Waals surface area contributed by atoms with Crippen LogP contribution in [0.4, 0.5) is 5.69 Å². The van der Waals surface area contributed by atoms with Gasteiger partial charge < -0.3 is 9.64 Å². The Bertz CT molecular complexity index is 387. The van der Waals surface area contributed by atoms with Crippen molar-refractivity contribution in [2.45, 2.75) is 6.42 Å². The van der Waals surface area contributed by atoms with E-state index in [-0.39, 0.29) is 0 Å². The molecular formula is C12H15ClN2O. The number of hydrogen-bond acceptors (Lipinski definition) is 3. The van der Waals surface area contributed by atoms with Gasteiger partial charge in [-0.3, -0.25) is 0 Å². The van der Waals surface area contributed by atoms with E-state index in [1.807, 2.05) is 13.1 Å². The molecule has 86 valence electrons. The van der Waals surface area contributed by atoms with Crippen molar-refractivity contribution in [1.29, 1.82) is 5.26 Å². The second kappa shape index (κ2) is 6.37. The van der Waals surface area contributed by atoms with Crippen LogP contribution < -0.4 is 4.90 Å². The summed E-state index contributed by atoms with van der Waals surface area (Å²) < 4.78 is 4.99. The molecule has 1 rings (SSSR count). The predicted molar refractivity (Wildman–Crippen MR) is 65.9 cm³/mol. The molecule has 0 heterocycles. The summed E-state index contributed by atoms with van der Waals surface area (Å²) >= 11 is 6.09. The van der Waals surface area contributed by atoms with Crippen LogP contribution in [0.5, 0.6) is 0 Å². The first-order valence-corrected chi connectivity index (χ1v) is 5.46. The molecular weight excluding hydrogens is 224 g/mol. The lowest BCUT2D eigenvalue weighted by Gasteiger charge is -2.20. The molecule has 0 atom stereocenters. The van der Waals surface area contributed by atoms with Crippen molar-refractivity contribution in [3.8, 4) is 6.07 Å². The number of benzene rings is 1. The highest BCUT2D eigenvalue weighted by Crippen LogP contribution is 2.25. The smallest absolute Gasteiger partial charge is 0.0992 e. The van der Waals surface area contributed by atoms with E-state index in [2.05, 4.69) is 11.0 Å². The monoisotopic (exact) mass is 238 g/mol. The molecule has 0 fully saturated rings. The summed E-state index contributed by atoms with van der Waals surface area (Å²) in [6.07, 6.45) is 0.948. The van der Waals surface area contributed by atoms with Crippen LogP contribution in [0.2, 0.25) is 5.02 Å². The zero-order chi connectivity index (χ0) is 12.0. The number of nitrogens with zero attached hydrogens (tertiary/aromatic N) is 2. The van der Waals surface area contributed by atoms with Gasteiger partial charge in [0.1, 0.15) is 0 Å². The molecule has 16 heavy (non-hydrogen) atoms. The van der Waals surface area contributed by atoms with E-state index in [1.54, 1.807) is 19.2 Å². The van der Waals surface area contributed by atoms with Crippen LogP contribution in [0.15, 0.2) is 18.2 Å². The van der Waals surface area contributed by atoms with Gasteiger partial charge in [-0.2, -0.15) is 5.26 Å². The summed E-state index contributed by atoms with van der Waals surface area (Å²) in [6.45, 7) is 1.61. The van der Waals surface area contributed by atoms with Crippen molar-refractivity contribution in [2.75, 3.05) is 32.2 Å². The minimum atomic E-state index is 0.582. The van der Waals surface area contributed by atoms with Gasteiger partial charge >= 0.3 is 0 Å². The SMILES string of the molecule is COCCCN(C)c1ccc(C#N)cc1Cl. The topological polar surface area (TPSA) is 36.3 Å². The zero-order valence-corrected chi connectivity index (χ0v) is 10.3. The van der Waals surface area contributed by atoms with Gasteiger partial charge in [0, 0.05) is 27.3 Å². The number of rotatable bonds is 5. The molecule has 0 bridgehead atoms. The van der Waals surface area contributed by atoms with Crippen molar-refractivity contribution in [3.05, 3.63) is 28.8 Å². The average molecular weight is 239 g/mol. The van der Waals surface area contributed by atoms with Crippen LogP contribution in [0.25, 0.3) is 0 Å². The van der Waals surface area contributed by atoms with Gasteiger partial charge in [-0.1, -0.05) is 11.6 Å². The maximum absolute atomic E-state index is 8.73. The van der Waals surface area contributed by atoms with Crippen LogP contribution in [-0.4, -0.2) is 27.3 Å². The standard InChI is InChI=1S/C12H15ClN2O/c1-15(6-3-7-16-2)12-5-4-10(9-14)8-11(12)13/h4-5,8H,3,6-7H2,1-2H3. The number of halogens is 1. The second-order valence-electron chi connectivity index (χ2n) is 3.55. The molecule has 0 unspecified atom stereocenters. The Morgan fingerprint density at radius 3 is 2.81 bits per heavy atom. The number of anilines is 1. The van der Waals surface area contributed by atoms with E-state index >= 15 is 0 Å². The molecule has 4 heteroatoms. The molecule has 0 saturated carbocycles. The quantitative estimate of drug-likeness (QED) is 0.740. The maximum Gasteiger partial charge on any atom is 0.0992 e. The van der Waals surface area contributed by atoms with Gasteiger partial charge in [0.25, 0.3) is 0 Å². The first-order chi connectivity index (χ1) is 7.69. The van der Waals surface area contributed by atoms with Crippen molar-refractivity contribution in [3.63, 3.8) is 0 Å². The minimum absolute atomic E-state index is 0.582. The fourth-order valence-electron chi connectivity index (χ4n) is 1.45. The molecule has 0 N–H and O–H groups in total. The number of ether oxygens (including phenoxy) is 1. The molecule has 1 aromatic carbocycles.